The molecule has 0 aromatic heterocycles. The summed E-state index contributed by atoms with van der Waals surface area (Å²) in [4.78, 5) is 14.4. The van der Waals surface area contributed by atoms with Gasteiger partial charge in [-0.2, -0.15) is 0 Å². The molecule has 0 saturated carbocycles. The molecule has 0 fully saturated rings. The van der Waals surface area contributed by atoms with Gasteiger partial charge in [-0.1, -0.05) is 154 Å². The molecule has 0 amide bonds. The van der Waals surface area contributed by atoms with Crippen LogP contribution in [0.3, 0.4) is 0 Å². The molecule has 0 aromatic carbocycles. The van der Waals surface area contributed by atoms with Gasteiger partial charge in [0.05, 0.1) is 19.8 Å². The Labute approximate surface area is 335 Å². The number of carbonyl (C=O) groups is 1. The quantitative estimate of drug-likeness (QED) is 0.0362. The second kappa shape index (κ2) is 46.1. The number of aliphatic hydroxyl groups excluding tert-OH is 2. The Morgan fingerprint density at radius 1 is 0.500 bits per heavy atom. The topological polar surface area (TPSA) is 88.5 Å². The van der Waals surface area contributed by atoms with Crippen LogP contribution in [0.1, 0.15) is 206 Å². The molecule has 0 saturated heterocycles. The van der Waals surface area contributed by atoms with Crippen LogP contribution in [0.15, 0.2) is 24.3 Å². The zero-order valence-corrected chi connectivity index (χ0v) is 35.9. The van der Waals surface area contributed by atoms with Crippen molar-refractivity contribution < 1.29 is 29.2 Å². The first-order valence-electron chi connectivity index (χ1n) is 23.3. The molecule has 0 aliphatic heterocycles. The Hall–Kier alpha value is -1.25. The molecule has 7 nitrogen and oxygen atoms in total. The van der Waals surface area contributed by atoms with Gasteiger partial charge in [-0.05, 0) is 77.2 Å². The number of nitrogens with zero attached hydrogens (tertiary/aromatic N) is 1. The highest BCUT2D eigenvalue weighted by Crippen LogP contribution is 2.13. The lowest BCUT2D eigenvalue weighted by Crippen LogP contribution is -2.31. The first-order valence-corrected chi connectivity index (χ1v) is 23.3. The van der Waals surface area contributed by atoms with E-state index in [0.717, 1.165) is 25.9 Å². The van der Waals surface area contributed by atoms with Crippen molar-refractivity contribution >= 4 is 5.97 Å². The molecule has 0 heterocycles. The predicted octanol–water partition coefficient (Wildman–Crippen LogP) is 12.1. The number of allylic oxidation sites excluding steroid dienone is 4. The molecule has 0 aromatic rings. The zero-order valence-electron chi connectivity index (χ0n) is 35.9. The van der Waals surface area contributed by atoms with Gasteiger partial charge >= 0.3 is 5.97 Å². The summed E-state index contributed by atoms with van der Waals surface area (Å²) < 4.78 is 17.8. The normalized spacial score (nSPS) is 12.5. The predicted molar refractivity (Wildman–Crippen MR) is 230 cm³/mol. The lowest BCUT2D eigenvalue weighted by Gasteiger charge is -2.20. The lowest BCUT2D eigenvalue weighted by molar-refractivity contribution is -0.150. The van der Waals surface area contributed by atoms with Crippen molar-refractivity contribution in [1.82, 2.24) is 4.90 Å². The van der Waals surface area contributed by atoms with E-state index in [0.29, 0.717) is 45.7 Å². The molecule has 7 heteroatoms. The third-order valence-corrected chi connectivity index (χ3v) is 10.2. The Morgan fingerprint density at radius 2 is 0.907 bits per heavy atom. The standard InChI is InChI=1S/C47H91NO6/c1-3-5-7-9-11-13-15-17-19-21-23-25-27-29-31-33-42-52-44-46(45-54-47(51)36-35-37-48(38-40-49)39-41-50)53-43-34-32-30-28-26-24-22-20-18-16-14-12-10-8-6-4-2/h17-20,46,49-50H,3-16,21-45H2,1-2H3/b19-17-,20-18-. The van der Waals surface area contributed by atoms with Crippen molar-refractivity contribution in [3.05, 3.63) is 24.3 Å². The van der Waals surface area contributed by atoms with Gasteiger partial charge in [0.25, 0.3) is 0 Å². The summed E-state index contributed by atoms with van der Waals surface area (Å²) in [6, 6.07) is 0. The van der Waals surface area contributed by atoms with Crippen molar-refractivity contribution in [2.75, 3.05) is 59.3 Å². The van der Waals surface area contributed by atoms with Gasteiger partial charge in [-0.3, -0.25) is 9.69 Å². The van der Waals surface area contributed by atoms with Gasteiger partial charge in [-0.25, -0.2) is 0 Å². The van der Waals surface area contributed by atoms with Crippen LogP contribution in [-0.2, 0) is 19.0 Å². The highest BCUT2D eigenvalue weighted by molar-refractivity contribution is 5.69. The van der Waals surface area contributed by atoms with E-state index in [4.69, 9.17) is 14.2 Å². The van der Waals surface area contributed by atoms with Crippen LogP contribution in [0.5, 0.6) is 0 Å². The summed E-state index contributed by atoms with van der Waals surface area (Å²) in [6.07, 6.45) is 46.3. The summed E-state index contributed by atoms with van der Waals surface area (Å²) in [5.74, 6) is -0.234. The van der Waals surface area contributed by atoms with Crippen molar-refractivity contribution in [2.24, 2.45) is 0 Å². The Bertz CT molecular complexity index is 784. The molecule has 0 rings (SSSR count). The molecule has 0 spiro atoms. The van der Waals surface area contributed by atoms with Gasteiger partial charge in [0.2, 0.25) is 0 Å². The van der Waals surface area contributed by atoms with Crippen LogP contribution in [0, 0.1) is 0 Å². The Balaban J connectivity index is 4.15. The van der Waals surface area contributed by atoms with Gasteiger partial charge in [0.1, 0.15) is 12.7 Å². The number of aliphatic hydroxyl groups is 2. The third kappa shape index (κ3) is 41.9. The van der Waals surface area contributed by atoms with E-state index in [2.05, 4.69) is 38.2 Å². The van der Waals surface area contributed by atoms with Crippen LogP contribution in [0.25, 0.3) is 0 Å². The lowest BCUT2D eigenvalue weighted by atomic mass is 10.1. The molecule has 2 N–H and O–H groups in total. The maximum absolute atomic E-state index is 12.5. The average Bonchev–Trinajstić information content (AvgIpc) is 3.17. The van der Waals surface area contributed by atoms with Gasteiger partial charge in [0, 0.05) is 32.7 Å². The highest BCUT2D eigenvalue weighted by atomic mass is 16.6. The molecule has 0 aliphatic rings. The van der Waals surface area contributed by atoms with Crippen molar-refractivity contribution in [3.8, 4) is 0 Å². The number of hydrogen-bond donors (Lipinski definition) is 2. The van der Waals surface area contributed by atoms with E-state index >= 15 is 0 Å². The molecule has 0 aliphatic carbocycles. The molecule has 1 unspecified atom stereocenters. The molecular formula is C47H91NO6. The minimum Gasteiger partial charge on any atom is -0.463 e. The summed E-state index contributed by atoms with van der Waals surface area (Å²) in [7, 11) is 0. The minimum atomic E-state index is -0.244. The van der Waals surface area contributed by atoms with Crippen LogP contribution in [0.4, 0.5) is 0 Å². The highest BCUT2D eigenvalue weighted by Gasteiger charge is 2.14. The largest absolute Gasteiger partial charge is 0.463 e. The van der Waals surface area contributed by atoms with Crippen LogP contribution >= 0.6 is 0 Å². The van der Waals surface area contributed by atoms with E-state index < -0.39 is 0 Å². The summed E-state index contributed by atoms with van der Waals surface area (Å²) in [5, 5.41) is 18.4. The molecule has 0 bridgehead atoms. The first kappa shape index (κ1) is 52.8. The number of ether oxygens (including phenoxy) is 3. The molecular weight excluding hydrogens is 675 g/mol. The first-order chi connectivity index (χ1) is 26.7. The third-order valence-electron chi connectivity index (χ3n) is 10.2. The van der Waals surface area contributed by atoms with E-state index in [-0.39, 0.29) is 31.9 Å². The zero-order chi connectivity index (χ0) is 39.3. The van der Waals surface area contributed by atoms with Gasteiger partial charge in [0.15, 0.2) is 0 Å². The molecule has 1 atom stereocenters. The van der Waals surface area contributed by atoms with E-state index in [1.54, 1.807) is 0 Å². The fourth-order valence-corrected chi connectivity index (χ4v) is 6.73. The monoisotopic (exact) mass is 766 g/mol. The van der Waals surface area contributed by atoms with E-state index in [1.807, 2.05) is 4.90 Å². The molecule has 320 valence electrons. The maximum atomic E-state index is 12.5. The van der Waals surface area contributed by atoms with Crippen molar-refractivity contribution in [3.63, 3.8) is 0 Å². The summed E-state index contributed by atoms with van der Waals surface area (Å²) >= 11 is 0. The van der Waals surface area contributed by atoms with E-state index in [9.17, 15) is 15.0 Å². The van der Waals surface area contributed by atoms with Crippen LogP contribution in [-0.4, -0.2) is 86.5 Å². The average molecular weight is 766 g/mol. The minimum absolute atomic E-state index is 0.0394. The number of carbonyl (C=O) groups excluding carboxylic acids is 1. The van der Waals surface area contributed by atoms with Crippen LogP contribution in [0.2, 0.25) is 0 Å². The Kier molecular flexibility index (Phi) is 45.1. The number of esters is 1. The maximum Gasteiger partial charge on any atom is 0.305 e. The van der Waals surface area contributed by atoms with Crippen molar-refractivity contribution in [1.29, 1.82) is 0 Å². The Morgan fingerprint density at radius 3 is 1.35 bits per heavy atom. The number of unbranched alkanes of at least 4 members (excludes halogenated alkanes) is 24. The SMILES string of the molecule is CCCCCCCC/C=C\CCCCCCCCOCC(COC(=O)CCCN(CCO)CCO)OCCCCCCCC/C=C\CCCCCCCC. The summed E-state index contributed by atoms with van der Waals surface area (Å²) in [5.41, 5.74) is 0. The van der Waals surface area contributed by atoms with Crippen LogP contribution < -0.4 is 0 Å². The molecule has 0 radical (unpaired) electrons. The second-order valence-corrected chi connectivity index (χ2v) is 15.5. The number of rotatable bonds is 45. The fraction of sp³-hybridized carbons (Fsp3) is 0.894. The fourth-order valence-electron chi connectivity index (χ4n) is 6.73. The number of hydrogen-bond acceptors (Lipinski definition) is 7. The summed E-state index contributed by atoms with van der Waals surface area (Å²) in [6.45, 7) is 8.32. The molecule has 54 heavy (non-hydrogen) atoms. The van der Waals surface area contributed by atoms with E-state index in [1.165, 1.54) is 161 Å². The second-order valence-electron chi connectivity index (χ2n) is 15.5. The van der Waals surface area contributed by atoms with Gasteiger partial charge < -0.3 is 24.4 Å². The smallest absolute Gasteiger partial charge is 0.305 e. The van der Waals surface area contributed by atoms with Gasteiger partial charge in [-0.15, -0.1) is 0 Å². The van der Waals surface area contributed by atoms with Crippen molar-refractivity contribution in [2.45, 2.75) is 213 Å².